The predicted molar refractivity (Wildman–Crippen MR) is 73.0 cm³/mol. The lowest BCUT2D eigenvalue weighted by molar-refractivity contribution is 0.694. The first-order valence-electron chi connectivity index (χ1n) is 5.71. The van der Waals surface area contributed by atoms with E-state index < -0.39 is 29.3 Å². The van der Waals surface area contributed by atoms with Crippen LogP contribution in [-0.2, 0) is 0 Å². The van der Waals surface area contributed by atoms with Gasteiger partial charge in [0.2, 0.25) is 0 Å². The van der Waals surface area contributed by atoms with Crippen molar-refractivity contribution in [3.8, 4) is 0 Å². The van der Waals surface area contributed by atoms with E-state index in [1.165, 1.54) is 0 Å². The van der Waals surface area contributed by atoms with E-state index in [0.717, 1.165) is 5.57 Å². The van der Waals surface area contributed by atoms with Gasteiger partial charge in [0.1, 0.15) is 0 Å². The highest BCUT2D eigenvalue weighted by molar-refractivity contribution is 7.79. The van der Waals surface area contributed by atoms with Crippen LogP contribution in [0, 0.1) is 0 Å². The van der Waals surface area contributed by atoms with Gasteiger partial charge in [-0.3, -0.25) is 0 Å². The summed E-state index contributed by atoms with van der Waals surface area (Å²) in [5.41, 5.74) is 3.85. The molecule has 20 heavy (non-hydrogen) atoms. The minimum atomic E-state index is -5.55. The second kappa shape index (κ2) is 5.77. The Morgan fingerprint density at radius 1 is 0.950 bits per heavy atom. The van der Waals surface area contributed by atoms with E-state index in [0.29, 0.717) is 12.8 Å². The lowest BCUT2D eigenvalue weighted by Crippen LogP contribution is -1.87. The quantitative estimate of drug-likeness (QED) is 0.212. The van der Waals surface area contributed by atoms with Crippen LogP contribution < -0.4 is 0 Å². The molecule has 0 aromatic rings. The largest absolute Gasteiger partial charge is 0.423 e. The van der Waals surface area contributed by atoms with Crippen LogP contribution in [0.4, 0.5) is 21.0 Å². The molecule has 0 N–H and O–H groups in total. The van der Waals surface area contributed by atoms with E-state index in [9.17, 15) is 21.0 Å². The summed E-state index contributed by atoms with van der Waals surface area (Å²) in [7, 11) is -15.6. The molecule has 0 radical (unpaired) electrons. The number of halogens is 5. The van der Waals surface area contributed by atoms with Gasteiger partial charge in [0, 0.05) is 6.16 Å². The third-order valence-corrected chi connectivity index (χ3v) is 9.03. The van der Waals surface area contributed by atoms with Gasteiger partial charge < -0.3 is 0 Å². The molecule has 3 nitrogen and oxygen atoms in total. The fourth-order valence-electron chi connectivity index (χ4n) is 1.75. The van der Waals surface area contributed by atoms with E-state index in [1.54, 1.807) is 12.2 Å². The Labute approximate surface area is 113 Å². The highest BCUT2D eigenvalue weighted by Gasteiger charge is 2.38. The molecule has 0 saturated carbocycles. The van der Waals surface area contributed by atoms with Crippen LogP contribution in [-0.4, -0.2) is 6.16 Å². The molecule has 0 bridgehead atoms. The van der Waals surface area contributed by atoms with Crippen molar-refractivity contribution >= 4 is 23.2 Å². The van der Waals surface area contributed by atoms with E-state index >= 15 is 0 Å². The van der Waals surface area contributed by atoms with Crippen molar-refractivity contribution < 1.29 is 21.0 Å². The normalized spacial score (nSPS) is 29.4. The minimum Gasteiger partial charge on any atom is -0.183 e. The average Bonchev–Trinajstić information content (AvgIpc) is 2.71. The monoisotopic (exact) mass is 349 g/mol. The summed E-state index contributed by atoms with van der Waals surface area (Å²) in [4.78, 5) is 0. The summed E-state index contributed by atoms with van der Waals surface area (Å²) in [5.74, 6) is 0. The fraction of sp³-hybridized carbons (Fsp3) is 0.444. The summed E-state index contributed by atoms with van der Waals surface area (Å²) in [5, 5.41) is 0. The molecule has 0 saturated heterocycles. The number of rotatable bonds is 5. The van der Waals surface area contributed by atoms with Crippen LogP contribution in [0.5, 0.6) is 0 Å². The molecule has 0 aromatic carbocycles. The van der Waals surface area contributed by atoms with Crippen LogP contribution >= 0.6 is 23.2 Å². The maximum Gasteiger partial charge on any atom is 0.423 e. The Hall–Kier alpha value is -0.400. The van der Waals surface area contributed by atoms with Gasteiger partial charge in [-0.15, -0.1) is 27.0 Å². The molecule has 0 fully saturated rings. The van der Waals surface area contributed by atoms with E-state index in [4.69, 9.17) is 0 Å². The molecule has 2 aliphatic rings. The number of hydrogen-bond donors (Lipinski definition) is 0. The SMILES string of the molecule is FP1(F)=NP(F)(F)=NP(F)(CCCCC2=C=CC=C2)=N1. The van der Waals surface area contributed by atoms with Crippen molar-refractivity contribution in [3.63, 3.8) is 0 Å². The van der Waals surface area contributed by atoms with Gasteiger partial charge in [0.15, 0.2) is 0 Å². The molecular formula is C9H11F5N3P3. The second-order valence-electron chi connectivity index (χ2n) is 4.20. The Balaban J connectivity index is 2.00. The molecule has 0 spiro atoms. The second-order valence-corrected chi connectivity index (χ2v) is 9.90. The topological polar surface area (TPSA) is 37.1 Å². The third kappa shape index (κ3) is 4.56. The van der Waals surface area contributed by atoms with Crippen LogP contribution in [0.1, 0.15) is 19.3 Å². The maximum atomic E-state index is 14.0. The summed E-state index contributed by atoms with van der Waals surface area (Å²) in [6.07, 6.45) is 6.14. The van der Waals surface area contributed by atoms with Crippen molar-refractivity contribution in [2.24, 2.45) is 13.5 Å². The summed E-state index contributed by atoms with van der Waals surface area (Å²) in [6.45, 7) is 0. The van der Waals surface area contributed by atoms with Gasteiger partial charge in [0.25, 0.3) is 7.52 Å². The Kier molecular flexibility index (Phi) is 4.61. The zero-order chi connectivity index (χ0) is 14.9. The van der Waals surface area contributed by atoms with Gasteiger partial charge in [-0.2, -0.15) is 13.2 Å². The lowest BCUT2D eigenvalue weighted by Gasteiger charge is -2.16. The van der Waals surface area contributed by atoms with Crippen molar-refractivity contribution in [2.75, 3.05) is 6.16 Å². The standard InChI is InChI=1S/C9H11F5N3P3/c10-18(8-4-3-7-9-5-1-2-6-9)15-19(11,12)17-20(13,14)16-18/h1-2,5H,3-4,7-8H2. The first-order valence-corrected chi connectivity index (χ1v) is 10.4. The Bertz CT molecular complexity index is 655. The highest BCUT2D eigenvalue weighted by Crippen LogP contribution is 2.81. The van der Waals surface area contributed by atoms with Crippen molar-refractivity contribution in [2.45, 2.75) is 19.3 Å². The molecular weight excluding hydrogens is 338 g/mol. The first kappa shape index (κ1) is 16.0. The average molecular weight is 349 g/mol. The molecule has 1 heterocycles. The van der Waals surface area contributed by atoms with Crippen LogP contribution in [0.2, 0.25) is 0 Å². The van der Waals surface area contributed by atoms with Gasteiger partial charge in [-0.05, 0) is 30.9 Å². The zero-order valence-electron chi connectivity index (χ0n) is 10.1. The molecule has 0 amide bonds. The van der Waals surface area contributed by atoms with E-state index in [-0.39, 0.29) is 6.42 Å². The zero-order valence-corrected chi connectivity index (χ0v) is 12.8. The summed E-state index contributed by atoms with van der Waals surface area (Å²) in [6, 6.07) is 0. The Morgan fingerprint density at radius 2 is 1.65 bits per heavy atom. The Morgan fingerprint density at radius 3 is 2.25 bits per heavy atom. The number of nitrogens with zero attached hydrogens (tertiary/aromatic N) is 3. The van der Waals surface area contributed by atoms with Crippen molar-refractivity contribution in [1.29, 1.82) is 0 Å². The molecule has 0 aromatic heterocycles. The summed E-state index contributed by atoms with van der Waals surface area (Å²) < 4.78 is 73.2. The molecule has 1 aliphatic heterocycles. The smallest absolute Gasteiger partial charge is 0.183 e. The number of allylic oxidation sites excluding steroid dienone is 3. The summed E-state index contributed by atoms with van der Waals surface area (Å²) >= 11 is 0. The van der Waals surface area contributed by atoms with Crippen molar-refractivity contribution in [1.82, 2.24) is 0 Å². The van der Waals surface area contributed by atoms with Gasteiger partial charge >= 0.3 is 15.7 Å². The molecule has 1 atom stereocenters. The predicted octanol–water partition coefficient (Wildman–Crippen LogP) is 7.59. The van der Waals surface area contributed by atoms with Gasteiger partial charge in [0.05, 0.1) is 0 Å². The van der Waals surface area contributed by atoms with Crippen LogP contribution in [0.25, 0.3) is 0 Å². The number of hydrogen-bond acceptors (Lipinski definition) is 3. The number of unbranched alkanes of at least 4 members (excludes halogenated alkanes) is 1. The fourth-order valence-corrected chi connectivity index (χ4v) is 8.16. The highest BCUT2D eigenvalue weighted by atomic mass is 31.3. The van der Waals surface area contributed by atoms with E-state index in [2.05, 4.69) is 14.8 Å². The molecule has 112 valence electrons. The molecule has 11 heteroatoms. The molecule has 1 aliphatic carbocycles. The van der Waals surface area contributed by atoms with Crippen LogP contribution in [0.15, 0.2) is 43.1 Å². The maximum absolute atomic E-state index is 14.0. The van der Waals surface area contributed by atoms with Crippen molar-refractivity contribution in [3.05, 3.63) is 29.5 Å². The minimum absolute atomic E-state index is 0.177. The molecule has 1 unspecified atom stereocenters. The van der Waals surface area contributed by atoms with E-state index in [1.807, 2.05) is 10.6 Å². The third-order valence-electron chi connectivity index (χ3n) is 2.51. The van der Waals surface area contributed by atoms with Gasteiger partial charge in [-0.1, -0.05) is 12.2 Å². The van der Waals surface area contributed by atoms with Crippen LogP contribution in [0.3, 0.4) is 0 Å². The van der Waals surface area contributed by atoms with Gasteiger partial charge in [-0.25, -0.2) is 0 Å². The molecule has 2 rings (SSSR count). The lowest BCUT2D eigenvalue weighted by atomic mass is 10.1. The first-order chi connectivity index (χ1) is 9.20.